The van der Waals surface area contributed by atoms with E-state index >= 15 is 0 Å². The second-order valence-corrected chi connectivity index (χ2v) is 9.19. The highest BCUT2D eigenvalue weighted by Gasteiger charge is 2.54. The maximum atomic E-state index is 13.0. The molecular formula is C19H12Cl4O5S. The molecule has 1 unspecified atom stereocenters. The molecule has 0 fully saturated rings. The number of halogens is 4. The average Bonchev–Trinajstić information content (AvgIpc) is 2.64. The van der Waals surface area contributed by atoms with Crippen molar-refractivity contribution in [2.45, 2.75) is 4.75 Å². The number of phenols is 2. The van der Waals surface area contributed by atoms with Crippen molar-refractivity contribution in [3.63, 3.8) is 0 Å². The van der Waals surface area contributed by atoms with Gasteiger partial charge in [-0.25, -0.2) is 0 Å². The van der Waals surface area contributed by atoms with E-state index in [9.17, 15) is 23.2 Å². The molecule has 0 saturated carbocycles. The Balaban J connectivity index is 2.71. The van der Waals surface area contributed by atoms with Gasteiger partial charge in [0.15, 0.2) is 4.75 Å². The molecule has 0 aliphatic rings. The lowest BCUT2D eigenvalue weighted by Crippen LogP contribution is -2.39. The fraction of sp³-hybridized carbons (Fsp3) is 0.0526. The molecule has 0 aliphatic heterocycles. The van der Waals surface area contributed by atoms with Crippen LogP contribution in [0.5, 0.6) is 11.5 Å². The van der Waals surface area contributed by atoms with Crippen LogP contribution < -0.4 is 0 Å². The van der Waals surface area contributed by atoms with Crippen molar-refractivity contribution in [2.24, 2.45) is 0 Å². The van der Waals surface area contributed by atoms with Gasteiger partial charge in [0.25, 0.3) is 10.1 Å². The third-order valence-corrected chi connectivity index (χ3v) is 7.19. The Morgan fingerprint density at radius 1 is 0.724 bits per heavy atom. The summed E-state index contributed by atoms with van der Waals surface area (Å²) in [6.07, 6.45) is 0. The summed E-state index contributed by atoms with van der Waals surface area (Å²) in [7, 11) is -5.19. The third-order valence-electron chi connectivity index (χ3n) is 4.43. The largest absolute Gasteiger partial charge is 0.506 e. The Hall–Kier alpha value is -1.67. The first-order chi connectivity index (χ1) is 13.5. The van der Waals surface area contributed by atoms with E-state index in [0.29, 0.717) is 0 Å². The van der Waals surface area contributed by atoms with Crippen LogP contribution in [0.4, 0.5) is 0 Å². The van der Waals surface area contributed by atoms with Gasteiger partial charge in [-0.2, -0.15) is 8.42 Å². The SMILES string of the molecule is O=S(=O)(O)C(c1ccccc1Cl)(c1cccc(O)c1Cl)c1c(Cl)ccc(Cl)c1O. The average molecular weight is 494 g/mol. The monoisotopic (exact) mass is 492 g/mol. The van der Waals surface area contributed by atoms with Gasteiger partial charge < -0.3 is 10.2 Å². The number of hydrogen-bond donors (Lipinski definition) is 3. The molecule has 3 aromatic carbocycles. The zero-order valence-corrected chi connectivity index (χ0v) is 18.1. The second kappa shape index (κ2) is 7.87. The van der Waals surface area contributed by atoms with E-state index in [4.69, 9.17) is 46.4 Å². The summed E-state index contributed by atoms with van der Waals surface area (Å²) in [6, 6.07) is 12.1. The van der Waals surface area contributed by atoms with Crippen LogP contribution in [0, 0.1) is 0 Å². The van der Waals surface area contributed by atoms with E-state index in [1.807, 2.05) is 0 Å². The molecule has 3 aromatic rings. The molecule has 5 nitrogen and oxygen atoms in total. The molecule has 0 radical (unpaired) electrons. The Bertz CT molecular complexity index is 1210. The van der Waals surface area contributed by atoms with Gasteiger partial charge in [0.1, 0.15) is 11.5 Å². The molecule has 0 amide bonds. The summed E-state index contributed by atoms with van der Waals surface area (Å²) in [5.41, 5.74) is -0.903. The third kappa shape index (κ3) is 3.44. The highest BCUT2D eigenvalue weighted by atomic mass is 35.5. The van der Waals surface area contributed by atoms with Gasteiger partial charge in [0.2, 0.25) is 0 Å². The minimum Gasteiger partial charge on any atom is -0.506 e. The zero-order chi connectivity index (χ0) is 21.6. The first-order valence-corrected chi connectivity index (χ1v) is 10.9. The Labute approximate surface area is 186 Å². The summed E-state index contributed by atoms with van der Waals surface area (Å²) < 4.78 is 34.0. The molecule has 0 spiro atoms. The van der Waals surface area contributed by atoms with Gasteiger partial charge in [-0.05, 0) is 24.3 Å². The summed E-state index contributed by atoms with van der Waals surface area (Å²) in [5.74, 6) is -1.15. The van der Waals surface area contributed by atoms with Crippen molar-refractivity contribution in [1.29, 1.82) is 0 Å². The first-order valence-electron chi connectivity index (χ1n) is 7.91. The van der Waals surface area contributed by atoms with Gasteiger partial charge >= 0.3 is 0 Å². The van der Waals surface area contributed by atoms with E-state index in [-0.39, 0.29) is 31.2 Å². The van der Waals surface area contributed by atoms with E-state index < -0.39 is 31.9 Å². The topological polar surface area (TPSA) is 94.8 Å². The van der Waals surface area contributed by atoms with Crippen molar-refractivity contribution in [1.82, 2.24) is 0 Å². The first kappa shape index (κ1) is 22.0. The lowest BCUT2D eigenvalue weighted by Gasteiger charge is -2.35. The molecule has 0 saturated heterocycles. The molecule has 0 heterocycles. The zero-order valence-electron chi connectivity index (χ0n) is 14.3. The van der Waals surface area contributed by atoms with Crippen molar-refractivity contribution in [2.75, 3.05) is 0 Å². The molecule has 152 valence electrons. The van der Waals surface area contributed by atoms with Crippen LogP contribution in [0.2, 0.25) is 20.1 Å². The highest BCUT2D eigenvalue weighted by Crippen LogP contribution is 2.55. The van der Waals surface area contributed by atoms with Gasteiger partial charge in [-0.3, -0.25) is 4.55 Å². The van der Waals surface area contributed by atoms with Gasteiger partial charge in [0, 0.05) is 26.7 Å². The summed E-state index contributed by atoms with van der Waals surface area (Å²) in [6.45, 7) is 0. The summed E-state index contributed by atoms with van der Waals surface area (Å²) >= 11 is 24.9. The fourth-order valence-corrected chi connectivity index (χ4v) is 5.77. The molecular weight excluding hydrogens is 482 g/mol. The van der Waals surface area contributed by atoms with E-state index in [0.717, 1.165) is 0 Å². The quantitative estimate of drug-likeness (QED) is 0.311. The lowest BCUT2D eigenvalue weighted by molar-refractivity contribution is 0.439. The van der Waals surface area contributed by atoms with Crippen LogP contribution in [0.25, 0.3) is 0 Å². The molecule has 3 N–H and O–H groups in total. The van der Waals surface area contributed by atoms with Crippen molar-refractivity contribution >= 4 is 56.5 Å². The van der Waals surface area contributed by atoms with Crippen molar-refractivity contribution in [3.8, 4) is 11.5 Å². The normalized spacial score (nSPS) is 13.8. The molecule has 29 heavy (non-hydrogen) atoms. The van der Waals surface area contributed by atoms with Gasteiger partial charge in [-0.15, -0.1) is 0 Å². The number of hydrogen-bond acceptors (Lipinski definition) is 4. The number of benzene rings is 3. The van der Waals surface area contributed by atoms with Crippen molar-refractivity contribution < 1.29 is 23.2 Å². The van der Waals surface area contributed by atoms with Crippen LogP contribution >= 0.6 is 46.4 Å². The number of rotatable bonds is 4. The Kier molecular flexibility index (Phi) is 5.98. The molecule has 0 bridgehead atoms. The van der Waals surface area contributed by atoms with E-state index in [1.165, 1.54) is 48.5 Å². The molecule has 0 aromatic heterocycles. The second-order valence-electron chi connectivity index (χ2n) is 6.03. The summed E-state index contributed by atoms with van der Waals surface area (Å²) in [4.78, 5) is 0. The predicted octanol–water partition coefficient (Wildman–Crippen LogP) is 5.89. The Morgan fingerprint density at radius 3 is 1.93 bits per heavy atom. The van der Waals surface area contributed by atoms with Crippen molar-refractivity contribution in [3.05, 3.63) is 91.4 Å². The maximum absolute atomic E-state index is 13.0. The standard InChI is InChI=1S/C19H12Cl4O5S/c20-12-6-2-1-4-10(12)19(29(26,27)28,11-5-3-7-15(24)17(11)23)16-13(21)8-9-14(22)18(16)25/h1-9,24-25H,(H,26,27,28). The lowest BCUT2D eigenvalue weighted by atomic mass is 9.83. The van der Waals surface area contributed by atoms with Crippen LogP contribution in [0.15, 0.2) is 54.6 Å². The molecule has 0 aliphatic carbocycles. The molecule has 1 atom stereocenters. The van der Waals surface area contributed by atoms with E-state index in [1.54, 1.807) is 6.07 Å². The van der Waals surface area contributed by atoms with Crippen LogP contribution in [-0.4, -0.2) is 23.2 Å². The number of phenolic OH excluding ortho intramolecular Hbond substituents is 2. The molecule has 10 heteroatoms. The van der Waals surface area contributed by atoms with E-state index in [2.05, 4.69) is 0 Å². The number of aromatic hydroxyl groups is 2. The van der Waals surface area contributed by atoms with Crippen LogP contribution in [0.1, 0.15) is 16.7 Å². The predicted molar refractivity (Wildman–Crippen MR) is 114 cm³/mol. The smallest absolute Gasteiger partial charge is 0.283 e. The van der Waals surface area contributed by atoms with Crippen LogP contribution in [-0.2, 0) is 14.9 Å². The highest BCUT2D eigenvalue weighted by molar-refractivity contribution is 7.87. The molecule has 3 rings (SSSR count). The minimum atomic E-state index is -5.19. The summed E-state index contributed by atoms with van der Waals surface area (Å²) in [5, 5.41) is 19.9. The minimum absolute atomic E-state index is 0.0695. The van der Waals surface area contributed by atoms with Gasteiger partial charge in [0.05, 0.1) is 10.0 Å². The maximum Gasteiger partial charge on any atom is 0.283 e. The van der Waals surface area contributed by atoms with Crippen LogP contribution in [0.3, 0.4) is 0 Å². The van der Waals surface area contributed by atoms with Gasteiger partial charge in [-0.1, -0.05) is 76.7 Å². The Morgan fingerprint density at radius 2 is 1.31 bits per heavy atom. The fourth-order valence-electron chi connectivity index (χ4n) is 3.24.